The van der Waals surface area contributed by atoms with Crippen molar-refractivity contribution < 1.29 is 38.6 Å². The van der Waals surface area contributed by atoms with E-state index >= 15 is 0 Å². The van der Waals surface area contributed by atoms with Crippen LogP contribution in [0, 0.1) is 29.6 Å². The summed E-state index contributed by atoms with van der Waals surface area (Å²) in [6.45, 7) is 17.4. The maximum atomic E-state index is 14.1. The van der Waals surface area contributed by atoms with Gasteiger partial charge in [0.2, 0.25) is 23.6 Å². The van der Waals surface area contributed by atoms with Gasteiger partial charge < -0.3 is 40.7 Å². The monoisotopic (exact) mass is 795 g/mol. The third kappa shape index (κ3) is 15.0. The largest absolute Gasteiger partial charge is 0.480 e. The minimum absolute atomic E-state index is 0.00928. The Balaban J connectivity index is 3.34. The van der Waals surface area contributed by atoms with Crippen molar-refractivity contribution in [3.8, 4) is 0 Å². The number of methoxy groups -OCH3 is 2. The van der Waals surface area contributed by atoms with Crippen LogP contribution in [0.15, 0.2) is 24.3 Å². The molecule has 0 bridgehead atoms. The van der Waals surface area contributed by atoms with Crippen LogP contribution in [0.5, 0.6) is 0 Å². The summed E-state index contributed by atoms with van der Waals surface area (Å²) in [6, 6.07) is 3.23. The Morgan fingerprint density at radius 1 is 0.836 bits per heavy atom. The average molecular weight is 796 g/mol. The molecule has 14 heteroatoms. The molecule has 4 amide bonds. The highest BCUT2D eigenvalue weighted by molar-refractivity contribution is 6.31. The number of benzene rings is 1. The standard InChI is InChI=1S/C41H70ClN5O8/c1-14-25(7)20-30(37(55-13)27(9)38(49)45-31(41(52)53)21-28-18-16-17-19-29(28)42)44-33(48)22-32(54-12)36(26(8)15-2)47(11)40(51)35(24(5)6)46-39(50)34(43-10)23(3)4/h16-19,23-27,30-32,34-37,43H,14-15,20-22H2,1-13H3,(H,44,48)(H,45,49)(H,46,50)(H,52,53)/t25-,26-,27+,30-,31-,32+,34-,35-,36-,37+/m0/s1. The quantitative estimate of drug-likeness (QED) is 0.0941. The zero-order valence-corrected chi connectivity index (χ0v) is 36.2. The van der Waals surface area contributed by atoms with Crippen LogP contribution < -0.4 is 21.3 Å². The van der Waals surface area contributed by atoms with Crippen LogP contribution in [0.25, 0.3) is 0 Å². The smallest absolute Gasteiger partial charge is 0.326 e. The molecule has 314 valence electrons. The first-order chi connectivity index (χ1) is 25.8. The van der Waals surface area contributed by atoms with Gasteiger partial charge in [-0.2, -0.15) is 0 Å². The minimum Gasteiger partial charge on any atom is -0.480 e. The number of ether oxygens (including phenoxy) is 2. The maximum absolute atomic E-state index is 14.1. The van der Waals surface area contributed by atoms with Crippen LogP contribution >= 0.6 is 11.6 Å². The third-order valence-corrected chi connectivity index (χ3v) is 11.2. The molecular weight excluding hydrogens is 726 g/mol. The molecule has 13 nitrogen and oxygen atoms in total. The van der Waals surface area contributed by atoms with Crippen molar-refractivity contribution in [3.63, 3.8) is 0 Å². The lowest BCUT2D eigenvalue weighted by molar-refractivity contribution is -0.145. The van der Waals surface area contributed by atoms with Crippen molar-refractivity contribution in [2.45, 2.75) is 137 Å². The molecule has 0 fully saturated rings. The Kier molecular flexibility index (Phi) is 22.1. The molecule has 0 unspecified atom stereocenters. The Morgan fingerprint density at radius 2 is 1.44 bits per heavy atom. The highest BCUT2D eigenvalue weighted by Crippen LogP contribution is 2.25. The number of aliphatic carboxylic acids is 1. The lowest BCUT2D eigenvalue weighted by Crippen LogP contribution is -2.59. The van der Waals surface area contributed by atoms with Crippen LogP contribution in [-0.4, -0.2) is 110 Å². The Morgan fingerprint density at radius 3 is 1.91 bits per heavy atom. The van der Waals surface area contributed by atoms with E-state index < -0.39 is 60.2 Å². The number of rotatable bonds is 25. The number of nitrogens with zero attached hydrogens (tertiary/aromatic N) is 1. The van der Waals surface area contributed by atoms with Gasteiger partial charge in [0, 0.05) is 32.7 Å². The fourth-order valence-electron chi connectivity index (χ4n) is 7.05. The zero-order chi connectivity index (χ0) is 42.2. The highest BCUT2D eigenvalue weighted by atomic mass is 35.5. The summed E-state index contributed by atoms with van der Waals surface area (Å²) in [5, 5.41) is 22.1. The molecule has 5 N–H and O–H groups in total. The van der Waals surface area contributed by atoms with Crippen molar-refractivity contribution in [1.29, 1.82) is 0 Å². The van der Waals surface area contributed by atoms with E-state index in [1.165, 1.54) is 14.2 Å². The highest BCUT2D eigenvalue weighted by Gasteiger charge is 2.40. The number of amides is 4. The second-order valence-corrected chi connectivity index (χ2v) is 16.1. The fraction of sp³-hybridized carbons (Fsp3) is 0.732. The number of hydrogen-bond donors (Lipinski definition) is 5. The van der Waals surface area contributed by atoms with Gasteiger partial charge in [0.15, 0.2) is 0 Å². The number of nitrogens with one attached hydrogen (secondary N) is 4. The molecule has 55 heavy (non-hydrogen) atoms. The molecule has 0 saturated carbocycles. The van der Waals surface area contributed by atoms with Crippen molar-refractivity contribution in [2.24, 2.45) is 29.6 Å². The summed E-state index contributed by atoms with van der Waals surface area (Å²) in [5.41, 5.74) is 0.587. The predicted octanol–water partition coefficient (Wildman–Crippen LogP) is 4.69. The topological polar surface area (TPSA) is 175 Å². The number of halogens is 1. The Bertz CT molecular complexity index is 1380. The normalized spacial score (nSPS) is 17.2. The first-order valence-electron chi connectivity index (χ1n) is 19.6. The SMILES string of the molecule is CC[C@H](C)C[C@H](NC(=O)C[C@@H](OC)[C@H]([C@@H](C)CC)N(C)C(=O)[C@@H](NC(=O)[C@@H](NC)C(C)C)C(C)C)[C@H](OC)[C@@H](C)C(=O)N[C@@H](Cc1ccccc1Cl)C(=O)O. The average Bonchev–Trinajstić information content (AvgIpc) is 3.13. The van der Waals surface area contributed by atoms with Gasteiger partial charge in [-0.25, -0.2) is 4.79 Å². The van der Waals surface area contributed by atoms with Crippen LogP contribution in [0.3, 0.4) is 0 Å². The molecular formula is C41H70ClN5O8. The van der Waals surface area contributed by atoms with Crippen LogP contribution in [0.1, 0.15) is 93.6 Å². The number of carboxylic acid groups (broad SMARTS) is 1. The molecule has 0 aromatic heterocycles. The van der Waals surface area contributed by atoms with E-state index in [2.05, 4.69) is 21.3 Å². The van der Waals surface area contributed by atoms with Gasteiger partial charge in [-0.05, 0) is 48.8 Å². The van der Waals surface area contributed by atoms with E-state index in [0.717, 1.165) is 6.42 Å². The lowest BCUT2D eigenvalue weighted by atomic mass is 9.88. The predicted molar refractivity (Wildman–Crippen MR) is 217 cm³/mol. The van der Waals surface area contributed by atoms with E-state index in [-0.39, 0.29) is 54.2 Å². The number of carboxylic acids is 1. The molecule has 0 aliphatic carbocycles. The van der Waals surface area contributed by atoms with Gasteiger partial charge in [-0.15, -0.1) is 0 Å². The molecule has 0 spiro atoms. The zero-order valence-electron chi connectivity index (χ0n) is 35.4. The van der Waals surface area contributed by atoms with E-state index in [9.17, 15) is 29.1 Å². The van der Waals surface area contributed by atoms with Gasteiger partial charge in [0.25, 0.3) is 0 Å². The van der Waals surface area contributed by atoms with Gasteiger partial charge >= 0.3 is 5.97 Å². The first kappa shape index (κ1) is 49.8. The van der Waals surface area contributed by atoms with Crippen LogP contribution in [-0.2, 0) is 39.9 Å². The molecule has 10 atom stereocenters. The van der Waals surface area contributed by atoms with Gasteiger partial charge in [-0.1, -0.05) is 105 Å². The van der Waals surface area contributed by atoms with Crippen LogP contribution in [0.4, 0.5) is 0 Å². The molecule has 0 heterocycles. The number of likely N-dealkylation sites (N-methyl/N-ethyl adjacent to an activating group) is 2. The third-order valence-electron chi connectivity index (χ3n) is 10.9. The number of carbonyl (C=O) groups excluding carboxylic acids is 4. The van der Waals surface area contributed by atoms with E-state index in [4.69, 9.17) is 21.1 Å². The molecule has 0 radical (unpaired) electrons. The van der Waals surface area contributed by atoms with Gasteiger partial charge in [-0.3, -0.25) is 19.2 Å². The number of hydrogen-bond acceptors (Lipinski definition) is 8. The molecule has 1 aromatic rings. The maximum Gasteiger partial charge on any atom is 0.326 e. The van der Waals surface area contributed by atoms with Crippen molar-refractivity contribution in [1.82, 2.24) is 26.2 Å². The van der Waals surface area contributed by atoms with Crippen LogP contribution in [0.2, 0.25) is 5.02 Å². The molecule has 1 rings (SSSR count). The van der Waals surface area contributed by atoms with Crippen molar-refractivity contribution >= 4 is 41.2 Å². The fourth-order valence-corrected chi connectivity index (χ4v) is 7.26. The van der Waals surface area contributed by atoms with E-state index in [1.807, 2.05) is 55.4 Å². The number of carbonyl (C=O) groups is 5. The Labute approximate surface area is 334 Å². The minimum atomic E-state index is -1.24. The molecule has 0 aliphatic heterocycles. The van der Waals surface area contributed by atoms with Gasteiger partial charge in [0.05, 0.1) is 42.7 Å². The first-order valence-corrected chi connectivity index (χ1v) is 20.0. The van der Waals surface area contributed by atoms with Crippen molar-refractivity contribution in [3.05, 3.63) is 34.9 Å². The summed E-state index contributed by atoms with van der Waals surface area (Å²) >= 11 is 6.28. The van der Waals surface area contributed by atoms with Crippen molar-refractivity contribution in [2.75, 3.05) is 28.3 Å². The summed E-state index contributed by atoms with van der Waals surface area (Å²) in [4.78, 5) is 68.7. The molecule has 0 aliphatic rings. The van der Waals surface area contributed by atoms with E-state index in [0.29, 0.717) is 23.4 Å². The van der Waals surface area contributed by atoms with Gasteiger partial charge in [0.1, 0.15) is 12.1 Å². The molecule has 1 aromatic carbocycles. The Hall–Kier alpha value is -3.26. The van der Waals surface area contributed by atoms with E-state index in [1.54, 1.807) is 50.2 Å². The summed E-state index contributed by atoms with van der Waals surface area (Å²) in [6.07, 6.45) is 0.385. The summed E-state index contributed by atoms with van der Waals surface area (Å²) < 4.78 is 11.8. The lowest BCUT2D eigenvalue weighted by Gasteiger charge is -2.40. The summed E-state index contributed by atoms with van der Waals surface area (Å²) in [7, 11) is 6.37. The second kappa shape index (κ2) is 24.4. The second-order valence-electron chi connectivity index (χ2n) is 15.7. The summed E-state index contributed by atoms with van der Waals surface area (Å²) in [5.74, 6) is -3.60. The molecule has 0 saturated heterocycles.